The molecule has 25 heavy (non-hydrogen) atoms. The van der Waals surface area contributed by atoms with Gasteiger partial charge in [-0.15, -0.1) is 0 Å². The average Bonchev–Trinajstić information content (AvgIpc) is 3.35. The van der Waals surface area contributed by atoms with Gasteiger partial charge in [-0.2, -0.15) is 5.10 Å². The molecular weight excluding hydrogens is 319 g/mol. The molecular formula is C18H25FN6. The Bertz CT molecular complexity index is 746. The Morgan fingerprint density at radius 3 is 2.68 bits per heavy atom. The van der Waals surface area contributed by atoms with Crippen molar-refractivity contribution in [3.63, 3.8) is 0 Å². The van der Waals surface area contributed by atoms with Gasteiger partial charge < -0.3 is 11.1 Å². The van der Waals surface area contributed by atoms with E-state index in [1.165, 1.54) is 19.0 Å². The Balaban J connectivity index is 1.57. The maximum absolute atomic E-state index is 14.4. The van der Waals surface area contributed by atoms with Crippen LogP contribution in [0.25, 0.3) is 11.3 Å². The summed E-state index contributed by atoms with van der Waals surface area (Å²) in [5, 5.41) is 7.67. The minimum Gasteiger partial charge on any atom is -0.351 e. The molecule has 0 spiro atoms. The lowest BCUT2D eigenvalue weighted by Gasteiger charge is -2.26. The van der Waals surface area contributed by atoms with Crippen molar-refractivity contribution in [3.8, 4) is 11.3 Å². The molecule has 0 bridgehead atoms. The van der Waals surface area contributed by atoms with E-state index in [4.69, 9.17) is 5.73 Å². The number of anilines is 1. The van der Waals surface area contributed by atoms with Gasteiger partial charge in [-0.05, 0) is 50.9 Å². The fourth-order valence-electron chi connectivity index (χ4n) is 3.57. The first-order valence-electron chi connectivity index (χ1n) is 9.16. The summed E-state index contributed by atoms with van der Waals surface area (Å²) < 4.78 is 16.3. The Labute approximate surface area is 147 Å². The molecule has 2 aliphatic rings. The molecule has 6 nitrogen and oxygen atoms in total. The van der Waals surface area contributed by atoms with Crippen molar-refractivity contribution in [2.75, 3.05) is 5.32 Å². The van der Waals surface area contributed by atoms with Gasteiger partial charge in [0.2, 0.25) is 5.95 Å². The summed E-state index contributed by atoms with van der Waals surface area (Å²) in [4.78, 5) is 8.61. The fraction of sp³-hybridized carbons (Fsp3) is 0.611. The van der Waals surface area contributed by atoms with Crippen LogP contribution >= 0.6 is 0 Å². The zero-order chi connectivity index (χ0) is 17.4. The van der Waals surface area contributed by atoms with E-state index in [0.717, 1.165) is 43.4 Å². The molecule has 0 unspecified atom stereocenters. The Hall–Kier alpha value is -2.02. The molecule has 2 fully saturated rings. The standard InChI is InChI=1S/C18H25FN6/c1-25-16(8-11-2-3-11)14(9-22-25)17-15(19)10-21-18(24-17)23-13-6-4-12(20)5-7-13/h9-13H,2-8,20H2,1H3,(H,21,23,24). The van der Waals surface area contributed by atoms with Crippen LogP contribution in [0.15, 0.2) is 12.4 Å². The molecule has 2 aromatic heterocycles. The van der Waals surface area contributed by atoms with E-state index in [9.17, 15) is 4.39 Å². The summed E-state index contributed by atoms with van der Waals surface area (Å²) in [6.07, 6.45) is 10.4. The summed E-state index contributed by atoms with van der Waals surface area (Å²) in [6, 6.07) is 0.598. The fourth-order valence-corrected chi connectivity index (χ4v) is 3.57. The topological polar surface area (TPSA) is 81.7 Å². The van der Waals surface area contributed by atoms with E-state index < -0.39 is 5.82 Å². The lowest BCUT2D eigenvalue weighted by atomic mass is 9.92. The number of rotatable bonds is 5. The van der Waals surface area contributed by atoms with Crippen LogP contribution in [0.1, 0.15) is 44.2 Å². The highest BCUT2D eigenvalue weighted by atomic mass is 19.1. The minimum atomic E-state index is -0.402. The minimum absolute atomic E-state index is 0.295. The number of nitrogens with one attached hydrogen (secondary N) is 1. The lowest BCUT2D eigenvalue weighted by Crippen LogP contribution is -2.33. The molecule has 2 aliphatic carbocycles. The molecule has 4 rings (SSSR count). The molecule has 2 heterocycles. The summed E-state index contributed by atoms with van der Waals surface area (Å²) in [5.74, 6) is 0.780. The maximum Gasteiger partial charge on any atom is 0.223 e. The normalized spacial score (nSPS) is 23.6. The quantitative estimate of drug-likeness (QED) is 0.871. The van der Waals surface area contributed by atoms with Gasteiger partial charge in [0, 0.05) is 30.4 Å². The van der Waals surface area contributed by atoms with E-state index in [0.29, 0.717) is 29.6 Å². The largest absolute Gasteiger partial charge is 0.351 e. The van der Waals surface area contributed by atoms with Gasteiger partial charge in [-0.3, -0.25) is 4.68 Å². The molecule has 2 aromatic rings. The monoisotopic (exact) mass is 344 g/mol. The van der Waals surface area contributed by atoms with E-state index in [2.05, 4.69) is 20.4 Å². The number of hydrogen-bond acceptors (Lipinski definition) is 5. The molecule has 7 heteroatoms. The number of aryl methyl sites for hydroxylation is 1. The van der Waals surface area contributed by atoms with Crippen LogP contribution in [0, 0.1) is 11.7 Å². The van der Waals surface area contributed by atoms with Crippen molar-refractivity contribution < 1.29 is 4.39 Å². The van der Waals surface area contributed by atoms with Gasteiger partial charge in [0.25, 0.3) is 0 Å². The third-order valence-corrected chi connectivity index (χ3v) is 5.34. The van der Waals surface area contributed by atoms with Crippen LogP contribution in [0.5, 0.6) is 0 Å². The number of aromatic nitrogens is 4. The van der Waals surface area contributed by atoms with Crippen molar-refractivity contribution in [1.82, 2.24) is 19.7 Å². The highest BCUT2D eigenvalue weighted by Gasteiger charge is 2.26. The average molecular weight is 344 g/mol. The van der Waals surface area contributed by atoms with Gasteiger partial charge in [-0.1, -0.05) is 0 Å². The second kappa shape index (κ2) is 6.71. The smallest absolute Gasteiger partial charge is 0.223 e. The second-order valence-electron chi connectivity index (χ2n) is 7.42. The number of hydrogen-bond donors (Lipinski definition) is 2. The van der Waals surface area contributed by atoms with Crippen LogP contribution < -0.4 is 11.1 Å². The molecule has 0 aliphatic heterocycles. The number of nitrogens with two attached hydrogens (primary N) is 1. The molecule has 3 N–H and O–H groups in total. The Kier molecular flexibility index (Phi) is 4.41. The molecule has 0 saturated heterocycles. The first kappa shape index (κ1) is 16.4. The van der Waals surface area contributed by atoms with Crippen molar-refractivity contribution in [3.05, 3.63) is 23.9 Å². The number of nitrogens with zero attached hydrogens (tertiary/aromatic N) is 4. The van der Waals surface area contributed by atoms with Crippen LogP contribution in [-0.4, -0.2) is 31.8 Å². The number of halogens is 1. The van der Waals surface area contributed by atoms with Crippen molar-refractivity contribution >= 4 is 5.95 Å². The zero-order valence-electron chi connectivity index (χ0n) is 14.6. The first-order chi connectivity index (χ1) is 12.1. The summed E-state index contributed by atoms with van der Waals surface area (Å²) >= 11 is 0. The van der Waals surface area contributed by atoms with Crippen LogP contribution in [0.2, 0.25) is 0 Å². The summed E-state index contributed by atoms with van der Waals surface area (Å²) in [5.41, 5.74) is 8.13. The van der Waals surface area contributed by atoms with Crippen molar-refractivity contribution in [2.45, 2.75) is 57.0 Å². The molecule has 2 saturated carbocycles. The maximum atomic E-state index is 14.4. The van der Waals surface area contributed by atoms with E-state index >= 15 is 0 Å². The Morgan fingerprint density at radius 1 is 1.20 bits per heavy atom. The van der Waals surface area contributed by atoms with Gasteiger partial charge in [0.15, 0.2) is 5.82 Å². The lowest BCUT2D eigenvalue weighted by molar-refractivity contribution is 0.409. The highest BCUT2D eigenvalue weighted by Crippen LogP contribution is 2.36. The van der Waals surface area contributed by atoms with E-state index in [-0.39, 0.29) is 0 Å². The van der Waals surface area contributed by atoms with Crippen molar-refractivity contribution in [1.29, 1.82) is 0 Å². The van der Waals surface area contributed by atoms with Crippen LogP contribution in [0.4, 0.5) is 10.3 Å². The summed E-state index contributed by atoms with van der Waals surface area (Å²) in [6.45, 7) is 0. The van der Waals surface area contributed by atoms with E-state index in [1.54, 1.807) is 6.20 Å². The van der Waals surface area contributed by atoms with Gasteiger partial charge in [0.1, 0.15) is 5.69 Å². The third-order valence-electron chi connectivity index (χ3n) is 5.34. The molecule has 0 amide bonds. The van der Waals surface area contributed by atoms with Crippen LogP contribution in [-0.2, 0) is 13.5 Å². The molecule has 0 radical (unpaired) electrons. The van der Waals surface area contributed by atoms with Gasteiger partial charge in [-0.25, -0.2) is 14.4 Å². The third kappa shape index (κ3) is 3.66. The summed E-state index contributed by atoms with van der Waals surface area (Å²) in [7, 11) is 1.91. The van der Waals surface area contributed by atoms with Gasteiger partial charge in [0.05, 0.1) is 12.4 Å². The predicted octanol–water partition coefficient (Wildman–Crippen LogP) is 2.65. The zero-order valence-corrected chi connectivity index (χ0v) is 14.6. The molecule has 134 valence electrons. The first-order valence-corrected chi connectivity index (χ1v) is 9.16. The molecule has 0 atom stereocenters. The Morgan fingerprint density at radius 2 is 1.96 bits per heavy atom. The SMILES string of the molecule is Cn1ncc(-c2nc(NC3CCC(N)CC3)ncc2F)c1CC1CC1. The van der Waals surface area contributed by atoms with E-state index in [1.807, 2.05) is 11.7 Å². The van der Waals surface area contributed by atoms with Gasteiger partial charge >= 0.3 is 0 Å². The second-order valence-corrected chi connectivity index (χ2v) is 7.42. The van der Waals surface area contributed by atoms with Crippen LogP contribution in [0.3, 0.4) is 0 Å². The van der Waals surface area contributed by atoms with Crippen molar-refractivity contribution in [2.24, 2.45) is 18.7 Å². The molecule has 0 aromatic carbocycles. The predicted molar refractivity (Wildman–Crippen MR) is 94.5 cm³/mol. The highest BCUT2D eigenvalue weighted by molar-refractivity contribution is 5.63.